The Morgan fingerprint density at radius 1 is 1.24 bits per heavy atom. The summed E-state index contributed by atoms with van der Waals surface area (Å²) in [6, 6.07) is 7.39. The summed E-state index contributed by atoms with van der Waals surface area (Å²) < 4.78 is 42.4. The van der Waals surface area contributed by atoms with Crippen LogP contribution in [-0.2, 0) is 20.9 Å². The maximum Gasteiger partial charge on any atom is 0.490 e. The number of hydrogen-bond donors (Lipinski definition) is 2. The fraction of sp³-hybridized carbons (Fsp3) is 0.429. The van der Waals surface area contributed by atoms with Gasteiger partial charge in [0.15, 0.2) is 11.6 Å². The van der Waals surface area contributed by atoms with Gasteiger partial charge in [0, 0.05) is 13.1 Å². The monoisotopic (exact) mass is 483 g/mol. The second-order valence-corrected chi connectivity index (χ2v) is 7.44. The highest BCUT2D eigenvalue weighted by Gasteiger charge is 2.38. The molecule has 184 valence electrons. The van der Waals surface area contributed by atoms with Crippen LogP contribution in [0.3, 0.4) is 0 Å². The Morgan fingerprint density at radius 3 is 2.41 bits per heavy atom. The second kappa shape index (κ2) is 10.5. The molecule has 10 nitrogen and oxygen atoms in total. The number of nitrogens with zero attached hydrogens (tertiary/aromatic N) is 4. The van der Waals surface area contributed by atoms with Gasteiger partial charge in [0.05, 0.1) is 26.9 Å². The predicted molar refractivity (Wildman–Crippen MR) is 116 cm³/mol. The van der Waals surface area contributed by atoms with E-state index in [1.165, 1.54) is 0 Å². The van der Waals surface area contributed by atoms with Crippen molar-refractivity contribution < 1.29 is 37.3 Å². The maximum atomic E-state index is 13.0. The number of alkyl halides is 3. The molecular weight excluding hydrogens is 459 g/mol. The van der Waals surface area contributed by atoms with E-state index in [4.69, 9.17) is 19.4 Å². The highest BCUT2D eigenvalue weighted by Crippen LogP contribution is 2.38. The summed E-state index contributed by atoms with van der Waals surface area (Å²) in [7, 11) is 1.64. The van der Waals surface area contributed by atoms with Crippen LogP contribution in [0.4, 0.5) is 30.5 Å². The lowest BCUT2D eigenvalue weighted by Crippen LogP contribution is -2.47. The molecule has 1 fully saturated rings. The van der Waals surface area contributed by atoms with Crippen molar-refractivity contribution in [2.45, 2.75) is 25.7 Å². The standard InChI is InChI=1S/C19H23N5O3.C2HF3O2/c1-13-19(25)24(11-14-3-5-15(26-2)6-4-14)16-17(22-13)20-12-21-18(16)23-7-9-27-10-8-23;3-2(4,5)1(6)7/h3-6,12-13H,7-11H2,1-2H3,(H,20,21,22);(H,6,7). The van der Waals surface area contributed by atoms with Crippen LogP contribution in [0.25, 0.3) is 0 Å². The van der Waals surface area contributed by atoms with Crippen LogP contribution in [0.5, 0.6) is 5.75 Å². The SMILES string of the molecule is COc1ccc(CN2C(=O)C(C)Nc3ncnc(N4CCOCC4)c32)cc1.O=C(O)C(F)(F)F. The molecule has 0 bridgehead atoms. The van der Waals surface area contributed by atoms with Crippen LogP contribution < -0.4 is 19.9 Å². The van der Waals surface area contributed by atoms with Gasteiger partial charge in [-0.15, -0.1) is 0 Å². The van der Waals surface area contributed by atoms with Crippen LogP contribution in [0.1, 0.15) is 12.5 Å². The first kappa shape index (κ1) is 25.0. The minimum atomic E-state index is -5.08. The van der Waals surface area contributed by atoms with E-state index in [9.17, 15) is 18.0 Å². The van der Waals surface area contributed by atoms with Gasteiger partial charge in [-0.25, -0.2) is 14.8 Å². The van der Waals surface area contributed by atoms with Gasteiger partial charge in [-0.05, 0) is 24.6 Å². The number of carboxylic acid groups (broad SMARTS) is 1. The summed E-state index contributed by atoms with van der Waals surface area (Å²) in [6.45, 7) is 5.08. The average molecular weight is 483 g/mol. The van der Waals surface area contributed by atoms with Crippen LogP contribution >= 0.6 is 0 Å². The molecule has 13 heteroatoms. The van der Waals surface area contributed by atoms with E-state index in [1.54, 1.807) is 18.3 Å². The zero-order valence-electron chi connectivity index (χ0n) is 18.5. The van der Waals surface area contributed by atoms with Crippen molar-refractivity contribution in [3.05, 3.63) is 36.2 Å². The number of methoxy groups -OCH3 is 1. The van der Waals surface area contributed by atoms with Crippen molar-refractivity contribution in [3.8, 4) is 5.75 Å². The van der Waals surface area contributed by atoms with Gasteiger partial charge in [-0.2, -0.15) is 13.2 Å². The molecule has 1 atom stereocenters. The topological polar surface area (TPSA) is 117 Å². The lowest BCUT2D eigenvalue weighted by molar-refractivity contribution is -0.192. The fourth-order valence-electron chi connectivity index (χ4n) is 3.41. The van der Waals surface area contributed by atoms with Gasteiger partial charge in [-0.1, -0.05) is 12.1 Å². The first-order valence-corrected chi connectivity index (χ1v) is 10.3. The lowest BCUT2D eigenvalue weighted by Gasteiger charge is -2.37. The molecule has 0 radical (unpaired) electrons. The van der Waals surface area contributed by atoms with Gasteiger partial charge in [0.2, 0.25) is 5.91 Å². The molecule has 2 N–H and O–H groups in total. The highest BCUT2D eigenvalue weighted by molar-refractivity contribution is 6.06. The molecule has 2 aliphatic rings. The van der Waals surface area contributed by atoms with Crippen molar-refractivity contribution in [1.29, 1.82) is 0 Å². The molecule has 34 heavy (non-hydrogen) atoms. The number of benzene rings is 1. The van der Waals surface area contributed by atoms with E-state index in [-0.39, 0.29) is 11.9 Å². The number of halogens is 3. The molecule has 1 aromatic carbocycles. The third-order valence-corrected chi connectivity index (χ3v) is 5.12. The normalized spacial score (nSPS) is 17.8. The number of carboxylic acids is 1. The molecule has 1 saturated heterocycles. The number of anilines is 3. The first-order chi connectivity index (χ1) is 16.1. The summed E-state index contributed by atoms with van der Waals surface area (Å²) in [6.07, 6.45) is -3.54. The molecule has 4 rings (SSSR count). The first-order valence-electron chi connectivity index (χ1n) is 10.3. The molecule has 2 aromatic rings. The minimum absolute atomic E-state index is 0.00243. The number of ether oxygens (including phenoxy) is 2. The van der Waals surface area contributed by atoms with E-state index in [0.29, 0.717) is 25.6 Å². The Kier molecular flexibility index (Phi) is 7.76. The summed E-state index contributed by atoms with van der Waals surface area (Å²) in [5.41, 5.74) is 1.75. The van der Waals surface area contributed by atoms with Crippen molar-refractivity contribution >= 4 is 29.2 Å². The number of hydrogen-bond acceptors (Lipinski definition) is 8. The molecule has 2 aliphatic heterocycles. The number of aliphatic carboxylic acids is 1. The Labute approximate surface area is 193 Å². The van der Waals surface area contributed by atoms with Crippen molar-refractivity contribution in [3.63, 3.8) is 0 Å². The Balaban J connectivity index is 0.000000406. The number of carbonyl (C=O) groups is 2. The van der Waals surface area contributed by atoms with Crippen molar-refractivity contribution in [1.82, 2.24) is 9.97 Å². The van der Waals surface area contributed by atoms with Gasteiger partial charge in [0.1, 0.15) is 23.8 Å². The third kappa shape index (κ3) is 5.84. The highest BCUT2D eigenvalue weighted by atomic mass is 19.4. The largest absolute Gasteiger partial charge is 0.497 e. The number of aromatic nitrogens is 2. The zero-order valence-corrected chi connectivity index (χ0v) is 18.5. The number of carbonyl (C=O) groups excluding carboxylic acids is 1. The Hall–Kier alpha value is -3.61. The molecule has 0 aliphatic carbocycles. The Morgan fingerprint density at radius 2 is 1.85 bits per heavy atom. The van der Waals surface area contributed by atoms with E-state index in [1.807, 2.05) is 31.2 Å². The minimum Gasteiger partial charge on any atom is -0.497 e. The van der Waals surface area contributed by atoms with Crippen molar-refractivity contribution in [2.24, 2.45) is 0 Å². The van der Waals surface area contributed by atoms with Crippen LogP contribution in [0.2, 0.25) is 0 Å². The molecule has 0 spiro atoms. The summed E-state index contributed by atoms with van der Waals surface area (Å²) in [5.74, 6) is -0.511. The summed E-state index contributed by atoms with van der Waals surface area (Å²) >= 11 is 0. The summed E-state index contributed by atoms with van der Waals surface area (Å²) in [5, 5.41) is 10.3. The maximum absolute atomic E-state index is 13.0. The van der Waals surface area contributed by atoms with Crippen LogP contribution in [-0.4, -0.2) is 72.6 Å². The molecule has 0 saturated carbocycles. The summed E-state index contributed by atoms with van der Waals surface area (Å²) in [4.78, 5) is 34.7. The number of rotatable bonds is 4. The third-order valence-electron chi connectivity index (χ3n) is 5.12. The number of amides is 1. The van der Waals surface area contributed by atoms with E-state index in [0.717, 1.165) is 35.9 Å². The molecule has 1 amide bonds. The average Bonchev–Trinajstić information content (AvgIpc) is 2.82. The quantitative estimate of drug-likeness (QED) is 0.676. The Bertz CT molecular complexity index is 1010. The zero-order chi connectivity index (χ0) is 24.9. The number of morpholine rings is 1. The molecule has 1 aromatic heterocycles. The van der Waals surface area contributed by atoms with E-state index in [2.05, 4.69) is 20.2 Å². The van der Waals surface area contributed by atoms with Crippen molar-refractivity contribution in [2.75, 3.05) is 48.5 Å². The molecule has 1 unspecified atom stereocenters. The fourth-order valence-corrected chi connectivity index (χ4v) is 3.41. The van der Waals surface area contributed by atoms with Gasteiger partial charge in [-0.3, -0.25) is 9.69 Å². The van der Waals surface area contributed by atoms with E-state index < -0.39 is 12.1 Å². The van der Waals surface area contributed by atoms with Gasteiger partial charge < -0.3 is 24.8 Å². The number of fused-ring (bicyclic) bond motifs is 1. The van der Waals surface area contributed by atoms with Gasteiger partial charge >= 0.3 is 12.1 Å². The lowest BCUT2D eigenvalue weighted by atomic mass is 10.1. The molecule has 3 heterocycles. The predicted octanol–water partition coefficient (Wildman–Crippen LogP) is 2.30. The van der Waals surface area contributed by atoms with Gasteiger partial charge in [0.25, 0.3) is 0 Å². The smallest absolute Gasteiger partial charge is 0.490 e. The second-order valence-electron chi connectivity index (χ2n) is 7.44. The van der Waals surface area contributed by atoms with Crippen LogP contribution in [0, 0.1) is 0 Å². The van der Waals surface area contributed by atoms with Crippen LogP contribution in [0.15, 0.2) is 30.6 Å². The number of nitrogens with one attached hydrogen (secondary N) is 1. The molecular formula is C21H24F3N5O5. The van der Waals surface area contributed by atoms with E-state index >= 15 is 0 Å².